The van der Waals surface area contributed by atoms with Crippen molar-refractivity contribution in [2.24, 2.45) is 35.5 Å². The Morgan fingerprint density at radius 1 is 0.324 bits per heavy atom. The van der Waals surface area contributed by atoms with Crippen LogP contribution < -0.4 is 0 Å². The molecule has 10 aliphatic heterocycles. The molecule has 11 heteroatoms. The maximum absolute atomic E-state index is 5.74. The zero-order valence-corrected chi connectivity index (χ0v) is 50.3. The van der Waals surface area contributed by atoms with Crippen LogP contribution in [-0.4, -0.2) is 219 Å². The fourth-order valence-corrected chi connectivity index (χ4v) is 12.4. The third kappa shape index (κ3) is 24.5. The number of hydrogen-bond donors (Lipinski definition) is 0. The highest BCUT2D eigenvalue weighted by Gasteiger charge is 2.39. The van der Waals surface area contributed by atoms with Crippen LogP contribution in [0.4, 0.5) is 0 Å². The van der Waals surface area contributed by atoms with Crippen LogP contribution in [-0.2, 0) is 18.9 Å². The summed E-state index contributed by atoms with van der Waals surface area (Å²) in [5, 5.41) is 0. The largest absolute Gasteiger partial charge is 0.381 e. The van der Waals surface area contributed by atoms with Gasteiger partial charge in [0.1, 0.15) is 0 Å². The van der Waals surface area contributed by atoms with Crippen molar-refractivity contribution in [1.29, 1.82) is 0 Å². The second-order valence-corrected chi connectivity index (χ2v) is 26.1. The molecule has 10 heterocycles. The van der Waals surface area contributed by atoms with Gasteiger partial charge in [-0.2, -0.15) is 0 Å². The molecule has 9 unspecified atom stereocenters. The molecule has 10 aliphatic rings. The van der Waals surface area contributed by atoms with E-state index in [0.29, 0.717) is 30.3 Å². The van der Waals surface area contributed by atoms with Crippen LogP contribution in [0.3, 0.4) is 0 Å². The summed E-state index contributed by atoms with van der Waals surface area (Å²) in [6.07, 6.45) is 10.6. The Labute approximate surface area is 463 Å². The molecule has 0 amide bonds. The minimum atomic E-state index is 0. The molecule has 0 radical (unpaired) electrons. The SMILES string of the molecule is C.C.C.CC(C)N1C2CCC1COC2.CC(C)N1CC2CCC(C1)O2.CC(C)N1CC2COCC2C1.CC(C)N1CCOCC1.CC1CCN(C(C)C)C1.CC1CCN(C(C)C)CC1.CC1CN(C(C)C)CC1C. The van der Waals surface area contributed by atoms with Gasteiger partial charge in [-0.05, 0) is 185 Å². The lowest BCUT2D eigenvalue weighted by molar-refractivity contribution is -0.0480. The van der Waals surface area contributed by atoms with Crippen molar-refractivity contribution < 1.29 is 18.9 Å². The van der Waals surface area contributed by atoms with E-state index in [-0.39, 0.29) is 22.3 Å². The summed E-state index contributed by atoms with van der Waals surface area (Å²) in [6, 6.07) is 6.53. The van der Waals surface area contributed by atoms with Crippen LogP contribution >= 0.6 is 0 Å². The van der Waals surface area contributed by atoms with Crippen molar-refractivity contribution >= 4 is 0 Å². The molecule has 0 saturated carbocycles. The fourth-order valence-electron chi connectivity index (χ4n) is 12.4. The fraction of sp³-hybridized carbons (Fsp3) is 1.00. The van der Waals surface area contributed by atoms with Gasteiger partial charge < -0.3 is 38.5 Å². The van der Waals surface area contributed by atoms with E-state index in [4.69, 9.17) is 18.9 Å². The summed E-state index contributed by atoms with van der Waals surface area (Å²) in [7, 11) is 0. The Morgan fingerprint density at radius 2 is 0.689 bits per heavy atom. The molecule has 0 spiro atoms. The second-order valence-electron chi connectivity index (χ2n) is 26.1. The molecule has 0 aromatic heterocycles. The van der Waals surface area contributed by atoms with E-state index in [1.54, 1.807) is 0 Å². The van der Waals surface area contributed by atoms with Crippen LogP contribution in [0.15, 0.2) is 0 Å². The van der Waals surface area contributed by atoms with E-state index >= 15 is 0 Å². The molecule has 10 rings (SSSR count). The zero-order chi connectivity index (χ0) is 52.4. The quantitative estimate of drug-likeness (QED) is 0.245. The van der Waals surface area contributed by atoms with Crippen LogP contribution in [0.25, 0.3) is 0 Å². The lowest BCUT2D eigenvalue weighted by atomic mass is 9.98. The van der Waals surface area contributed by atoms with E-state index in [1.165, 1.54) is 97.3 Å². The maximum Gasteiger partial charge on any atom is 0.0707 e. The molecule has 0 aliphatic carbocycles. The number of hydrogen-bond acceptors (Lipinski definition) is 11. The Hall–Kier alpha value is -0.440. The van der Waals surface area contributed by atoms with Gasteiger partial charge >= 0.3 is 0 Å². The minimum absolute atomic E-state index is 0. The first-order valence-corrected chi connectivity index (χ1v) is 30.2. The normalized spacial score (nSPS) is 31.7. The summed E-state index contributed by atoms with van der Waals surface area (Å²) in [5.74, 6) is 5.40. The first-order chi connectivity index (χ1) is 33.6. The number of nitrogens with zero attached hydrogens (tertiary/aromatic N) is 7. The highest BCUT2D eigenvalue weighted by molar-refractivity contribution is 4.93. The average molecular weight is 1050 g/mol. The molecule has 0 N–H and O–H groups in total. The first kappa shape index (κ1) is 71.6. The molecule has 9 atom stereocenters. The average Bonchev–Trinajstić information content (AvgIpc) is 4.20. The van der Waals surface area contributed by atoms with Crippen molar-refractivity contribution in [3.63, 3.8) is 0 Å². The van der Waals surface area contributed by atoms with Crippen molar-refractivity contribution in [2.75, 3.05) is 118 Å². The topological polar surface area (TPSA) is 59.6 Å². The molecule has 11 nitrogen and oxygen atoms in total. The van der Waals surface area contributed by atoms with Gasteiger partial charge in [-0.25, -0.2) is 0 Å². The van der Waals surface area contributed by atoms with Crippen LogP contribution in [0.5, 0.6) is 0 Å². The first-order valence-electron chi connectivity index (χ1n) is 30.2. The van der Waals surface area contributed by atoms with Gasteiger partial charge in [-0.3, -0.25) is 14.7 Å². The number of morpholine rings is 3. The van der Waals surface area contributed by atoms with Crippen molar-refractivity contribution in [1.82, 2.24) is 34.3 Å². The lowest BCUT2D eigenvalue weighted by Crippen LogP contribution is -2.49. The van der Waals surface area contributed by atoms with E-state index in [9.17, 15) is 0 Å². The number of ether oxygens (including phenoxy) is 4. The smallest absolute Gasteiger partial charge is 0.0707 e. The highest BCUT2D eigenvalue weighted by Crippen LogP contribution is 2.32. The Balaban J connectivity index is 0.000000430. The number of piperidine rings is 1. The molecule has 10 saturated heterocycles. The molecule has 4 bridgehead atoms. The number of likely N-dealkylation sites (tertiary alicyclic amines) is 5. The third-order valence-corrected chi connectivity index (χ3v) is 18.0. The van der Waals surface area contributed by atoms with E-state index in [0.717, 1.165) is 138 Å². The predicted molar refractivity (Wildman–Crippen MR) is 322 cm³/mol. The molecule has 10 fully saturated rings. The molecule has 444 valence electrons. The molecule has 0 aromatic rings. The molecular weight excluding hydrogens is 919 g/mol. The van der Waals surface area contributed by atoms with E-state index in [2.05, 4.69) is 159 Å². The maximum atomic E-state index is 5.74. The number of rotatable bonds is 7. The highest BCUT2D eigenvalue weighted by atomic mass is 16.5. The summed E-state index contributed by atoms with van der Waals surface area (Å²) < 4.78 is 21.9. The van der Waals surface area contributed by atoms with Gasteiger partial charge in [-0.15, -0.1) is 0 Å². The van der Waals surface area contributed by atoms with Crippen molar-refractivity contribution in [3.05, 3.63) is 0 Å². The van der Waals surface area contributed by atoms with Gasteiger partial charge in [0.05, 0.1) is 51.8 Å². The van der Waals surface area contributed by atoms with Gasteiger partial charge in [0.25, 0.3) is 0 Å². The van der Waals surface area contributed by atoms with Crippen molar-refractivity contribution in [2.45, 2.75) is 258 Å². The molecular formula is C63H133N7O4. The van der Waals surface area contributed by atoms with E-state index < -0.39 is 0 Å². The molecule has 74 heavy (non-hydrogen) atoms. The van der Waals surface area contributed by atoms with Gasteiger partial charge in [0.15, 0.2) is 0 Å². The standard InChI is InChI=1S/3C9H17NO.2C9H19N.C8H17N.C7H15NO.3CH4/c1-7(2)10-3-8-5-11-6-9(8)4-10;1-7(2)10-8-3-4-9(10)6-11-5-8;1-7(2)10-5-8-3-4-9(6-10)11-8;1-7(2)10-5-8(3)9(4)6-10;1-8(2)10-6-4-9(3)5-7-10;1-7(2)9-5-4-8(3)6-9;1-7(2)8-3-5-9-6-4-8;;;/h3*7-9H,3-6H2,1-2H3;7-9H,5-6H2,1-4H3;8-9H,4-7H2,1-3H3;7-8H,4-6H2,1-3H3;7H,3-6H2,1-2H3;3*1H4. The van der Waals surface area contributed by atoms with E-state index in [1.807, 2.05) is 0 Å². The third-order valence-electron chi connectivity index (χ3n) is 18.0. The second kappa shape index (κ2) is 36.7. The Morgan fingerprint density at radius 3 is 1.03 bits per heavy atom. The predicted octanol–water partition coefficient (Wildman–Crippen LogP) is 12.0. The summed E-state index contributed by atoms with van der Waals surface area (Å²) in [5.41, 5.74) is 0. The summed E-state index contributed by atoms with van der Waals surface area (Å²) in [4.78, 5) is 17.8. The monoisotopic (exact) mass is 1050 g/mol. The summed E-state index contributed by atoms with van der Waals surface area (Å²) >= 11 is 0. The lowest BCUT2D eigenvalue weighted by Gasteiger charge is -2.37. The van der Waals surface area contributed by atoms with Gasteiger partial charge in [-0.1, -0.05) is 50.0 Å². The zero-order valence-electron chi connectivity index (χ0n) is 50.3. The summed E-state index contributed by atoms with van der Waals surface area (Å²) in [6.45, 7) is 62.0. The van der Waals surface area contributed by atoms with Crippen LogP contribution in [0.1, 0.15) is 192 Å². The van der Waals surface area contributed by atoms with Gasteiger partial charge in [0, 0.05) is 125 Å². The Kier molecular flexibility index (Phi) is 35.5. The van der Waals surface area contributed by atoms with Gasteiger partial charge in [0.2, 0.25) is 0 Å². The minimum Gasteiger partial charge on any atom is -0.381 e. The van der Waals surface area contributed by atoms with Crippen molar-refractivity contribution in [3.8, 4) is 0 Å². The molecule has 0 aromatic carbocycles. The van der Waals surface area contributed by atoms with Crippen LogP contribution in [0.2, 0.25) is 0 Å². The number of fused-ring (bicyclic) bond motifs is 5. The van der Waals surface area contributed by atoms with Crippen LogP contribution in [0, 0.1) is 35.5 Å². The Bertz CT molecular complexity index is 1310.